The predicted octanol–water partition coefficient (Wildman–Crippen LogP) is 5.21. The molecule has 38 heavy (non-hydrogen) atoms. The first-order valence-corrected chi connectivity index (χ1v) is 13.0. The Morgan fingerprint density at radius 2 is 1.08 bits per heavy atom. The van der Waals surface area contributed by atoms with E-state index in [1.54, 1.807) is 0 Å². The van der Waals surface area contributed by atoms with Gasteiger partial charge < -0.3 is 28.4 Å². The standard InChI is InChI=1S/C32H26O6/c1-3-7-21(8-4-1)31-27-13-11-23(33-17-25-19-35-25)15-29(27)37-32(31,22-9-5-2-6-10-22)38-30-16-24(12-14-28(30)31)34-18-26-20-36-26/h1-16,25-26H,17-20H2. The SMILES string of the molecule is c1ccc(C23Oc4cc(OCC5CO5)ccc4C2(c2ccccc2)c2ccc(OCC4CO4)cc2O3)cc1. The van der Waals surface area contributed by atoms with Crippen LogP contribution in [0.2, 0.25) is 0 Å². The highest BCUT2D eigenvalue weighted by Crippen LogP contribution is 2.67. The summed E-state index contributed by atoms with van der Waals surface area (Å²) >= 11 is 0. The molecule has 6 heteroatoms. The van der Waals surface area contributed by atoms with E-state index >= 15 is 0 Å². The van der Waals surface area contributed by atoms with Crippen LogP contribution in [0.15, 0.2) is 97.1 Å². The maximum atomic E-state index is 6.96. The molecule has 0 saturated carbocycles. The molecule has 2 atom stereocenters. The van der Waals surface area contributed by atoms with Crippen LogP contribution in [0.25, 0.3) is 0 Å². The van der Waals surface area contributed by atoms with Crippen LogP contribution in [-0.2, 0) is 20.7 Å². The quantitative estimate of drug-likeness (QED) is 0.306. The summed E-state index contributed by atoms with van der Waals surface area (Å²) in [5.74, 6) is 1.82. The third-order valence-electron chi connectivity index (χ3n) is 7.75. The largest absolute Gasteiger partial charge is 0.491 e. The molecule has 2 saturated heterocycles. The van der Waals surface area contributed by atoms with Gasteiger partial charge in [0.2, 0.25) is 0 Å². The zero-order chi connectivity index (χ0) is 25.2. The number of hydrogen-bond acceptors (Lipinski definition) is 6. The van der Waals surface area contributed by atoms with E-state index in [1.165, 1.54) is 0 Å². The first kappa shape index (κ1) is 22.0. The van der Waals surface area contributed by atoms with Gasteiger partial charge in [-0.05, 0) is 17.7 Å². The monoisotopic (exact) mass is 506 g/mol. The highest BCUT2D eigenvalue weighted by atomic mass is 16.7. The van der Waals surface area contributed by atoms with Crippen LogP contribution in [0, 0.1) is 0 Å². The van der Waals surface area contributed by atoms with Crippen molar-refractivity contribution in [1.82, 2.24) is 0 Å². The van der Waals surface area contributed by atoms with E-state index in [0.29, 0.717) is 13.2 Å². The van der Waals surface area contributed by atoms with Crippen molar-refractivity contribution >= 4 is 0 Å². The van der Waals surface area contributed by atoms with Crippen LogP contribution < -0.4 is 18.9 Å². The Morgan fingerprint density at radius 1 is 0.605 bits per heavy atom. The summed E-state index contributed by atoms with van der Waals surface area (Å²) in [6.07, 6.45) is 0.348. The van der Waals surface area contributed by atoms with Gasteiger partial charge in [0.15, 0.2) is 0 Å². The van der Waals surface area contributed by atoms with Crippen molar-refractivity contribution in [3.63, 3.8) is 0 Å². The number of ether oxygens (including phenoxy) is 6. The lowest BCUT2D eigenvalue weighted by Gasteiger charge is -2.38. The highest BCUT2D eigenvalue weighted by molar-refractivity contribution is 5.70. The smallest absolute Gasteiger partial charge is 0.296 e. The molecule has 4 aliphatic heterocycles. The molecule has 0 bridgehead atoms. The first-order chi connectivity index (χ1) is 18.8. The van der Waals surface area contributed by atoms with Crippen molar-refractivity contribution in [1.29, 1.82) is 0 Å². The summed E-state index contributed by atoms with van der Waals surface area (Å²) < 4.78 is 36.6. The molecule has 0 radical (unpaired) electrons. The number of benzene rings is 4. The van der Waals surface area contributed by atoms with Gasteiger partial charge in [-0.3, -0.25) is 0 Å². The molecule has 0 spiro atoms. The Morgan fingerprint density at radius 3 is 1.55 bits per heavy atom. The van der Waals surface area contributed by atoms with E-state index in [1.807, 2.05) is 48.5 Å². The van der Waals surface area contributed by atoms with Crippen molar-refractivity contribution in [2.24, 2.45) is 0 Å². The molecular formula is C32H26O6. The average molecular weight is 507 g/mol. The van der Waals surface area contributed by atoms with E-state index in [9.17, 15) is 0 Å². The van der Waals surface area contributed by atoms with Crippen molar-refractivity contribution in [2.45, 2.75) is 23.4 Å². The van der Waals surface area contributed by atoms with Gasteiger partial charge in [0.1, 0.15) is 53.8 Å². The molecule has 190 valence electrons. The summed E-state index contributed by atoms with van der Waals surface area (Å²) in [5.41, 5.74) is 3.32. The summed E-state index contributed by atoms with van der Waals surface area (Å²) in [7, 11) is 0. The Bertz CT molecular complexity index is 1420. The minimum absolute atomic E-state index is 0.174. The zero-order valence-corrected chi connectivity index (χ0v) is 20.7. The van der Waals surface area contributed by atoms with Gasteiger partial charge in [0.25, 0.3) is 5.79 Å². The van der Waals surface area contributed by atoms with E-state index in [4.69, 9.17) is 28.4 Å². The summed E-state index contributed by atoms with van der Waals surface area (Å²) in [6.45, 7) is 2.56. The van der Waals surface area contributed by atoms with E-state index in [0.717, 1.165) is 58.5 Å². The third-order valence-corrected chi connectivity index (χ3v) is 7.75. The number of epoxide rings is 2. The number of rotatable bonds is 8. The molecule has 8 rings (SSSR count). The average Bonchev–Trinajstić information content (AvgIpc) is 3.90. The number of fused-ring (bicyclic) bond motifs is 5. The van der Waals surface area contributed by atoms with Gasteiger partial charge in [-0.1, -0.05) is 72.8 Å². The third kappa shape index (κ3) is 3.27. The molecule has 2 unspecified atom stereocenters. The highest BCUT2D eigenvalue weighted by Gasteiger charge is 2.70. The van der Waals surface area contributed by atoms with Crippen LogP contribution in [0.1, 0.15) is 22.3 Å². The first-order valence-electron chi connectivity index (χ1n) is 13.0. The van der Waals surface area contributed by atoms with Crippen molar-refractivity contribution in [3.05, 3.63) is 119 Å². The molecule has 6 nitrogen and oxygen atoms in total. The molecule has 0 aliphatic carbocycles. The van der Waals surface area contributed by atoms with Crippen LogP contribution in [-0.4, -0.2) is 38.6 Å². The second-order valence-corrected chi connectivity index (χ2v) is 10.2. The molecule has 4 aromatic rings. The van der Waals surface area contributed by atoms with E-state index in [-0.39, 0.29) is 12.2 Å². The normalized spacial score (nSPS) is 27.4. The van der Waals surface area contributed by atoms with Crippen molar-refractivity contribution < 1.29 is 28.4 Å². The van der Waals surface area contributed by atoms with Gasteiger partial charge in [0, 0.05) is 28.8 Å². The lowest BCUT2D eigenvalue weighted by molar-refractivity contribution is -0.119. The zero-order valence-electron chi connectivity index (χ0n) is 20.7. The maximum absolute atomic E-state index is 6.96. The summed E-state index contributed by atoms with van der Waals surface area (Å²) in [4.78, 5) is 0. The van der Waals surface area contributed by atoms with Crippen LogP contribution in [0.5, 0.6) is 23.0 Å². The fourth-order valence-corrected chi connectivity index (χ4v) is 5.84. The van der Waals surface area contributed by atoms with Gasteiger partial charge in [-0.15, -0.1) is 0 Å². The Kier molecular flexibility index (Phi) is 4.78. The van der Waals surface area contributed by atoms with Crippen LogP contribution >= 0.6 is 0 Å². The topological polar surface area (TPSA) is 62.0 Å². The van der Waals surface area contributed by atoms with Gasteiger partial charge in [0.05, 0.1) is 13.2 Å². The lowest BCUT2D eigenvalue weighted by Crippen LogP contribution is -2.50. The Hall–Kier alpha value is -4.00. The van der Waals surface area contributed by atoms with E-state index < -0.39 is 11.2 Å². The molecule has 4 aromatic carbocycles. The van der Waals surface area contributed by atoms with Gasteiger partial charge >= 0.3 is 0 Å². The molecule has 2 fully saturated rings. The maximum Gasteiger partial charge on any atom is 0.296 e. The van der Waals surface area contributed by atoms with Crippen molar-refractivity contribution in [3.8, 4) is 23.0 Å². The summed E-state index contributed by atoms with van der Waals surface area (Å²) in [5, 5.41) is 0. The van der Waals surface area contributed by atoms with Crippen LogP contribution in [0.4, 0.5) is 0 Å². The lowest BCUT2D eigenvalue weighted by atomic mass is 9.64. The molecule has 0 N–H and O–H groups in total. The molecule has 4 aliphatic rings. The van der Waals surface area contributed by atoms with Gasteiger partial charge in [-0.2, -0.15) is 0 Å². The second-order valence-electron chi connectivity index (χ2n) is 10.2. The molecule has 4 heterocycles. The second kappa shape index (κ2) is 8.25. The molecule has 0 aromatic heterocycles. The predicted molar refractivity (Wildman–Crippen MR) is 139 cm³/mol. The minimum Gasteiger partial charge on any atom is -0.491 e. The summed E-state index contributed by atoms with van der Waals surface area (Å²) in [6, 6.07) is 32.9. The number of hydrogen-bond donors (Lipinski definition) is 0. The fraction of sp³-hybridized carbons (Fsp3) is 0.250. The molecular weight excluding hydrogens is 480 g/mol. The fourth-order valence-electron chi connectivity index (χ4n) is 5.84. The Balaban J connectivity index is 1.33. The van der Waals surface area contributed by atoms with Gasteiger partial charge in [-0.25, -0.2) is 0 Å². The van der Waals surface area contributed by atoms with Crippen molar-refractivity contribution in [2.75, 3.05) is 26.4 Å². The van der Waals surface area contributed by atoms with E-state index in [2.05, 4.69) is 48.5 Å². The minimum atomic E-state index is -1.16. The molecule has 0 amide bonds. The Labute approximate surface area is 220 Å². The van der Waals surface area contributed by atoms with Crippen LogP contribution in [0.3, 0.4) is 0 Å².